The third-order valence-electron chi connectivity index (χ3n) is 5.27. The number of amides is 5. The number of nitrogens with zero attached hydrogens (tertiary/aromatic N) is 1. The first kappa shape index (κ1) is 25.6. The molecule has 2 aromatic carbocycles. The average Bonchev–Trinajstić information content (AvgIpc) is 3.00. The molecule has 0 saturated carbocycles. The number of rotatable bonds is 5. The molecule has 0 atom stereocenters. The van der Waals surface area contributed by atoms with Crippen LogP contribution in [0.25, 0.3) is 0 Å². The minimum atomic E-state index is -6.15. The molecular weight excluding hydrogens is 486 g/mol. The van der Waals surface area contributed by atoms with Crippen molar-refractivity contribution in [1.82, 2.24) is 10.2 Å². The summed E-state index contributed by atoms with van der Waals surface area (Å²) in [5.74, 6) is -2.65. The standard InChI is InChI=1S/C21H18F6N4O4/c1-11-5-3-4-6-13(11)28-17(33)29-14-8-7-12(9-15(14)35-2)10-31-18(34)30-16(32)19(31,20(22,23)24)21(25,26)27/h3-9H,10H2,1-2H3,(H2,28,29,33)(H,30,32,34). The van der Waals surface area contributed by atoms with Crippen molar-refractivity contribution in [2.24, 2.45) is 0 Å². The number of aryl methyl sites for hydroxylation is 1. The van der Waals surface area contributed by atoms with E-state index in [1.165, 1.54) is 6.07 Å². The number of alkyl halides is 6. The molecule has 1 fully saturated rings. The minimum Gasteiger partial charge on any atom is -0.495 e. The number of halogens is 6. The second kappa shape index (κ2) is 9.00. The molecule has 2 aromatic rings. The molecule has 1 heterocycles. The van der Waals surface area contributed by atoms with E-state index in [1.54, 1.807) is 31.2 Å². The van der Waals surface area contributed by atoms with E-state index in [2.05, 4.69) is 10.6 Å². The molecule has 0 aliphatic carbocycles. The lowest BCUT2D eigenvalue weighted by atomic mass is 9.95. The lowest BCUT2D eigenvalue weighted by Gasteiger charge is -2.37. The van der Waals surface area contributed by atoms with E-state index in [9.17, 15) is 40.7 Å². The number of hydrogen-bond acceptors (Lipinski definition) is 4. The maximum atomic E-state index is 13.6. The van der Waals surface area contributed by atoms with Crippen molar-refractivity contribution in [2.75, 3.05) is 17.7 Å². The van der Waals surface area contributed by atoms with Crippen LogP contribution in [0.5, 0.6) is 5.75 Å². The van der Waals surface area contributed by atoms with Crippen LogP contribution in [0.1, 0.15) is 11.1 Å². The van der Waals surface area contributed by atoms with Crippen LogP contribution in [0.15, 0.2) is 42.5 Å². The van der Waals surface area contributed by atoms with Gasteiger partial charge >= 0.3 is 30.0 Å². The molecule has 0 aromatic heterocycles. The molecule has 0 unspecified atom stereocenters. The first-order valence-electron chi connectivity index (χ1n) is 9.79. The number of imide groups is 1. The van der Waals surface area contributed by atoms with Crippen LogP contribution in [0.2, 0.25) is 0 Å². The molecule has 5 amide bonds. The van der Waals surface area contributed by atoms with Crippen molar-refractivity contribution in [3.63, 3.8) is 0 Å². The molecule has 0 spiro atoms. The highest BCUT2D eigenvalue weighted by molar-refractivity contribution is 6.08. The normalized spacial score (nSPS) is 15.6. The zero-order valence-electron chi connectivity index (χ0n) is 18.1. The summed E-state index contributed by atoms with van der Waals surface area (Å²) in [6.07, 6.45) is -12.3. The Morgan fingerprint density at radius 3 is 2.17 bits per heavy atom. The first-order chi connectivity index (χ1) is 16.2. The molecule has 35 heavy (non-hydrogen) atoms. The van der Waals surface area contributed by atoms with Gasteiger partial charge in [-0.1, -0.05) is 24.3 Å². The predicted molar refractivity (Wildman–Crippen MR) is 111 cm³/mol. The van der Waals surface area contributed by atoms with Crippen LogP contribution in [-0.2, 0) is 11.3 Å². The van der Waals surface area contributed by atoms with Gasteiger partial charge in [0, 0.05) is 12.2 Å². The lowest BCUT2D eigenvalue weighted by Crippen LogP contribution is -2.68. The molecular formula is C21H18F6N4O4. The van der Waals surface area contributed by atoms with E-state index in [0.717, 1.165) is 30.1 Å². The Morgan fingerprint density at radius 2 is 1.60 bits per heavy atom. The van der Waals surface area contributed by atoms with Gasteiger partial charge in [-0.05, 0) is 36.2 Å². The van der Waals surface area contributed by atoms with Crippen molar-refractivity contribution in [3.8, 4) is 5.75 Å². The monoisotopic (exact) mass is 504 g/mol. The van der Waals surface area contributed by atoms with Gasteiger partial charge < -0.3 is 15.4 Å². The van der Waals surface area contributed by atoms with Crippen molar-refractivity contribution in [3.05, 3.63) is 53.6 Å². The number of anilines is 2. The first-order valence-corrected chi connectivity index (χ1v) is 9.79. The molecule has 3 rings (SSSR count). The van der Waals surface area contributed by atoms with Gasteiger partial charge in [-0.25, -0.2) is 9.59 Å². The fourth-order valence-electron chi connectivity index (χ4n) is 3.55. The van der Waals surface area contributed by atoms with Crippen LogP contribution < -0.4 is 20.7 Å². The topological polar surface area (TPSA) is 99.8 Å². The average molecular weight is 504 g/mol. The van der Waals surface area contributed by atoms with Gasteiger partial charge in [0.25, 0.3) is 5.91 Å². The summed E-state index contributed by atoms with van der Waals surface area (Å²) in [6, 6.07) is 7.60. The van der Waals surface area contributed by atoms with Crippen LogP contribution >= 0.6 is 0 Å². The smallest absolute Gasteiger partial charge is 0.430 e. The zero-order valence-corrected chi connectivity index (χ0v) is 18.1. The number of para-hydroxylation sites is 1. The number of nitrogens with one attached hydrogen (secondary N) is 3. The molecule has 1 aliphatic heterocycles. The predicted octanol–water partition coefficient (Wildman–Crippen LogP) is 4.56. The third kappa shape index (κ3) is 4.55. The molecule has 0 bridgehead atoms. The Hall–Kier alpha value is -3.97. The van der Waals surface area contributed by atoms with Crippen LogP contribution in [0.4, 0.5) is 47.3 Å². The van der Waals surface area contributed by atoms with Gasteiger partial charge in [-0.2, -0.15) is 26.3 Å². The van der Waals surface area contributed by atoms with Gasteiger partial charge in [0.1, 0.15) is 5.75 Å². The van der Waals surface area contributed by atoms with Crippen molar-refractivity contribution in [1.29, 1.82) is 0 Å². The number of hydrogen-bond donors (Lipinski definition) is 3. The van der Waals surface area contributed by atoms with Crippen LogP contribution in [0, 0.1) is 6.92 Å². The number of methoxy groups -OCH3 is 1. The molecule has 1 saturated heterocycles. The minimum absolute atomic E-state index is 0.0437. The molecule has 1 aliphatic rings. The summed E-state index contributed by atoms with van der Waals surface area (Å²) in [7, 11) is 1.16. The van der Waals surface area contributed by atoms with Crippen LogP contribution in [0.3, 0.4) is 0 Å². The molecule has 188 valence electrons. The molecule has 0 radical (unpaired) electrons. The van der Waals surface area contributed by atoms with Crippen molar-refractivity contribution < 1.29 is 45.5 Å². The number of benzene rings is 2. The maximum Gasteiger partial charge on any atom is 0.430 e. The molecule has 14 heteroatoms. The van der Waals surface area contributed by atoms with Gasteiger partial charge in [0.2, 0.25) is 0 Å². The second-order valence-electron chi connectivity index (χ2n) is 7.48. The molecule has 8 nitrogen and oxygen atoms in total. The quantitative estimate of drug-likeness (QED) is 0.411. The van der Waals surface area contributed by atoms with Gasteiger partial charge in [0.15, 0.2) is 0 Å². The summed E-state index contributed by atoms with van der Waals surface area (Å²) >= 11 is 0. The Labute approximate surface area is 194 Å². The van der Waals surface area contributed by atoms with Gasteiger partial charge in [0.05, 0.1) is 12.8 Å². The summed E-state index contributed by atoms with van der Waals surface area (Å²) in [5, 5.41) is 6.14. The largest absolute Gasteiger partial charge is 0.495 e. The van der Waals surface area contributed by atoms with Crippen LogP contribution in [-0.4, -0.2) is 47.9 Å². The van der Waals surface area contributed by atoms with E-state index in [0.29, 0.717) is 5.69 Å². The SMILES string of the molecule is COc1cc(CN2C(=O)NC(=O)C2(C(F)(F)F)C(F)(F)F)ccc1NC(=O)Nc1ccccc1C. The number of carbonyl (C=O) groups excluding carboxylic acids is 3. The molecule has 3 N–H and O–H groups in total. The number of carbonyl (C=O) groups is 3. The summed E-state index contributed by atoms with van der Waals surface area (Å²) < 4.78 is 86.7. The van der Waals surface area contributed by atoms with Gasteiger partial charge in [-0.3, -0.25) is 15.0 Å². The van der Waals surface area contributed by atoms with E-state index in [-0.39, 0.29) is 17.0 Å². The van der Waals surface area contributed by atoms with Crippen molar-refractivity contribution in [2.45, 2.75) is 31.4 Å². The summed E-state index contributed by atoms with van der Waals surface area (Å²) in [6.45, 7) is 0.523. The number of ether oxygens (including phenoxy) is 1. The fourth-order valence-corrected chi connectivity index (χ4v) is 3.55. The van der Waals surface area contributed by atoms with E-state index >= 15 is 0 Å². The Bertz CT molecular complexity index is 1150. The lowest BCUT2D eigenvalue weighted by molar-refractivity contribution is -0.314. The van der Waals surface area contributed by atoms with E-state index < -0.39 is 47.3 Å². The Balaban J connectivity index is 1.88. The Kier molecular flexibility index (Phi) is 6.59. The highest BCUT2D eigenvalue weighted by atomic mass is 19.4. The van der Waals surface area contributed by atoms with E-state index in [1.807, 2.05) is 0 Å². The zero-order chi connectivity index (χ0) is 26.2. The maximum absolute atomic E-state index is 13.6. The second-order valence-corrected chi connectivity index (χ2v) is 7.48. The summed E-state index contributed by atoms with van der Waals surface area (Å²) in [5.41, 5.74) is -3.98. The van der Waals surface area contributed by atoms with Gasteiger partial charge in [-0.15, -0.1) is 0 Å². The third-order valence-corrected chi connectivity index (χ3v) is 5.27. The highest BCUT2D eigenvalue weighted by Crippen LogP contribution is 2.50. The van der Waals surface area contributed by atoms with E-state index in [4.69, 9.17) is 4.74 Å². The number of urea groups is 2. The van der Waals surface area contributed by atoms with Crippen molar-refractivity contribution >= 4 is 29.3 Å². The fraction of sp³-hybridized carbons (Fsp3) is 0.286. The summed E-state index contributed by atoms with van der Waals surface area (Å²) in [4.78, 5) is 35.4. The Morgan fingerprint density at radius 1 is 1.00 bits per heavy atom. The highest BCUT2D eigenvalue weighted by Gasteiger charge is 2.82.